The standard InChI is InChI=1S/C21H21N3O2S2/c1-14-20(15-5-3-2-4-6-15)28-21(22-14)23-18(25)7-8-19(26)24-11-9-17-16(13-24)10-12-27-17/h2-6,10,12H,7-9,11,13H2,1H3,(H,22,23,25). The van der Waals surface area contributed by atoms with Gasteiger partial charge in [-0.05, 0) is 35.9 Å². The van der Waals surface area contributed by atoms with Gasteiger partial charge in [-0.2, -0.15) is 0 Å². The first-order valence-electron chi connectivity index (χ1n) is 9.26. The van der Waals surface area contributed by atoms with Gasteiger partial charge in [-0.15, -0.1) is 11.3 Å². The second kappa shape index (κ2) is 8.24. The lowest BCUT2D eigenvalue weighted by Crippen LogP contribution is -2.35. The minimum atomic E-state index is -0.171. The number of anilines is 1. The van der Waals surface area contributed by atoms with Crippen LogP contribution in [0, 0.1) is 6.92 Å². The van der Waals surface area contributed by atoms with Crippen molar-refractivity contribution in [3.05, 3.63) is 57.9 Å². The molecule has 144 valence electrons. The van der Waals surface area contributed by atoms with Crippen molar-refractivity contribution in [3.8, 4) is 10.4 Å². The molecule has 2 amide bonds. The van der Waals surface area contributed by atoms with Crippen molar-refractivity contribution in [2.75, 3.05) is 11.9 Å². The molecule has 0 saturated carbocycles. The lowest BCUT2D eigenvalue weighted by molar-refractivity contribution is -0.133. The molecule has 1 N–H and O–H groups in total. The Labute approximate surface area is 172 Å². The highest BCUT2D eigenvalue weighted by molar-refractivity contribution is 7.19. The van der Waals surface area contributed by atoms with E-state index in [1.54, 1.807) is 11.3 Å². The van der Waals surface area contributed by atoms with Crippen molar-refractivity contribution < 1.29 is 9.59 Å². The van der Waals surface area contributed by atoms with Gasteiger partial charge in [0.1, 0.15) is 0 Å². The number of carbonyl (C=O) groups excluding carboxylic acids is 2. The highest BCUT2D eigenvalue weighted by atomic mass is 32.1. The van der Waals surface area contributed by atoms with Crippen LogP contribution in [0.4, 0.5) is 5.13 Å². The number of benzene rings is 1. The Hall–Kier alpha value is -2.51. The summed E-state index contributed by atoms with van der Waals surface area (Å²) in [4.78, 5) is 33.5. The van der Waals surface area contributed by atoms with E-state index in [0.29, 0.717) is 11.7 Å². The first kappa shape index (κ1) is 18.8. The monoisotopic (exact) mass is 411 g/mol. The molecular weight excluding hydrogens is 390 g/mol. The summed E-state index contributed by atoms with van der Waals surface area (Å²) in [5, 5.41) is 5.50. The fourth-order valence-corrected chi connectivity index (χ4v) is 5.21. The summed E-state index contributed by atoms with van der Waals surface area (Å²) in [6.45, 7) is 3.33. The van der Waals surface area contributed by atoms with Crippen LogP contribution in [-0.4, -0.2) is 28.2 Å². The maximum absolute atomic E-state index is 12.5. The summed E-state index contributed by atoms with van der Waals surface area (Å²) in [5.41, 5.74) is 3.22. The average Bonchev–Trinajstić information content (AvgIpc) is 3.32. The van der Waals surface area contributed by atoms with E-state index in [-0.39, 0.29) is 24.7 Å². The Morgan fingerprint density at radius 2 is 2.00 bits per heavy atom. The highest BCUT2D eigenvalue weighted by Gasteiger charge is 2.22. The number of rotatable bonds is 5. The van der Waals surface area contributed by atoms with Gasteiger partial charge in [-0.25, -0.2) is 4.98 Å². The summed E-state index contributed by atoms with van der Waals surface area (Å²) >= 11 is 3.21. The second-order valence-corrected chi connectivity index (χ2v) is 8.78. The zero-order valence-corrected chi connectivity index (χ0v) is 17.2. The summed E-state index contributed by atoms with van der Waals surface area (Å²) in [6, 6.07) is 12.1. The third kappa shape index (κ3) is 4.15. The number of aromatic nitrogens is 1. The third-order valence-electron chi connectivity index (χ3n) is 4.81. The molecule has 4 rings (SSSR count). The van der Waals surface area contributed by atoms with Gasteiger partial charge in [0.15, 0.2) is 5.13 Å². The summed E-state index contributed by atoms with van der Waals surface area (Å²) in [5.74, 6) is -0.137. The first-order chi connectivity index (χ1) is 13.6. The van der Waals surface area contributed by atoms with Gasteiger partial charge < -0.3 is 10.2 Å². The fourth-order valence-electron chi connectivity index (χ4n) is 3.33. The molecule has 0 bridgehead atoms. The molecule has 0 saturated heterocycles. The van der Waals surface area contributed by atoms with E-state index >= 15 is 0 Å². The predicted molar refractivity (Wildman–Crippen MR) is 114 cm³/mol. The van der Waals surface area contributed by atoms with Crippen LogP contribution in [-0.2, 0) is 22.6 Å². The van der Waals surface area contributed by atoms with Gasteiger partial charge in [0.25, 0.3) is 0 Å². The second-order valence-electron chi connectivity index (χ2n) is 6.78. The molecule has 1 aliphatic heterocycles. The molecule has 3 aromatic rings. The third-order valence-corrected chi connectivity index (χ3v) is 6.95. The molecular formula is C21H21N3O2S2. The van der Waals surface area contributed by atoms with Gasteiger partial charge in [-0.3, -0.25) is 9.59 Å². The van der Waals surface area contributed by atoms with Gasteiger partial charge in [-0.1, -0.05) is 41.7 Å². The molecule has 28 heavy (non-hydrogen) atoms. The van der Waals surface area contributed by atoms with Crippen LogP contribution in [0.15, 0.2) is 41.8 Å². The molecule has 5 nitrogen and oxygen atoms in total. The van der Waals surface area contributed by atoms with Crippen LogP contribution < -0.4 is 5.32 Å². The van der Waals surface area contributed by atoms with E-state index in [1.807, 2.05) is 42.2 Å². The molecule has 0 unspecified atom stereocenters. The van der Waals surface area contributed by atoms with Crippen molar-refractivity contribution in [3.63, 3.8) is 0 Å². The molecule has 0 fully saturated rings. The number of hydrogen-bond donors (Lipinski definition) is 1. The van der Waals surface area contributed by atoms with Crippen LogP contribution >= 0.6 is 22.7 Å². The first-order valence-corrected chi connectivity index (χ1v) is 11.0. The van der Waals surface area contributed by atoms with Crippen molar-refractivity contribution in [1.82, 2.24) is 9.88 Å². The van der Waals surface area contributed by atoms with E-state index < -0.39 is 0 Å². The number of amides is 2. The highest BCUT2D eigenvalue weighted by Crippen LogP contribution is 2.32. The summed E-state index contributed by atoms with van der Waals surface area (Å²) < 4.78 is 0. The smallest absolute Gasteiger partial charge is 0.226 e. The van der Waals surface area contributed by atoms with Crippen LogP contribution in [0.2, 0.25) is 0 Å². The Balaban J connectivity index is 1.31. The van der Waals surface area contributed by atoms with E-state index in [1.165, 1.54) is 21.8 Å². The molecule has 0 radical (unpaired) electrons. The minimum Gasteiger partial charge on any atom is -0.338 e. The molecule has 0 aliphatic carbocycles. The topological polar surface area (TPSA) is 62.3 Å². The Kier molecular flexibility index (Phi) is 5.54. The lowest BCUT2D eigenvalue weighted by Gasteiger charge is -2.27. The number of aryl methyl sites for hydroxylation is 1. The van der Waals surface area contributed by atoms with E-state index in [4.69, 9.17) is 0 Å². The molecule has 0 spiro atoms. The Morgan fingerprint density at radius 3 is 2.82 bits per heavy atom. The zero-order valence-electron chi connectivity index (χ0n) is 15.6. The van der Waals surface area contributed by atoms with Gasteiger partial charge in [0, 0.05) is 30.8 Å². The maximum atomic E-state index is 12.5. The summed E-state index contributed by atoms with van der Waals surface area (Å²) in [7, 11) is 0. The van der Waals surface area contributed by atoms with Gasteiger partial charge >= 0.3 is 0 Å². The number of nitrogens with one attached hydrogen (secondary N) is 1. The number of fused-ring (bicyclic) bond motifs is 1. The lowest BCUT2D eigenvalue weighted by atomic mass is 10.1. The Morgan fingerprint density at radius 1 is 1.18 bits per heavy atom. The SMILES string of the molecule is Cc1nc(NC(=O)CCC(=O)N2CCc3sccc3C2)sc1-c1ccccc1. The average molecular weight is 412 g/mol. The quantitative estimate of drug-likeness (QED) is 0.673. The fraction of sp³-hybridized carbons (Fsp3) is 0.286. The molecule has 2 aromatic heterocycles. The van der Waals surface area contributed by atoms with Crippen LogP contribution in [0.25, 0.3) is 10.4 Å². The van der Waals surface area contributed by atoms with Gasteiger partial charge in [0.05, 0.1) is 10.6 Å². The van der Waals surface area contributed by atoms with Crippen LogP contribution in [0.3, 0.4) is 0 Å². The molecule has 1 aromatic carbocycles. The van der Waals surface area contributed by atoms with E-state index in [0.717, 1.165) is 29.1 Å². The van der Waals surface area contributed by atoms with Crippen LogP contribution in [0.5, 0.6) is 0 Å². The number of thiophene rings is 1. The zero-order chi connectivity index (χ0) is 19.5. The Bertz CT molecular complexity index is 994. The van der Waals surface area contributed by atoms with Crippen molar-refractivity contribution in [2.24, 2.45) is 0 Å². The summed E-state index contributed by atoms with van der Waals surface area (Å²) in [6.07, 6.45) is 1.30. The molecule has 3 heterocycles. The van der Waals surface area contributed by atoms with Crippen molar-refractivity contribution in [1.29, 1.82) is 0 Å². The number of nitrogens with zero attached hydrogens (tertiary/aromatic N) is 2. The normalized spacial score (nSPS) is 13.2. The molecule has 1 aliphatic rings. The van der Waals surface area contributed by atoms with Crippen LogP contribution in [0.1, 0.15) is 29.0 Å². The van der Waals surface area contributed by atoms with Crippen molar-refractivity contribution in [2.45, 2.75) is 32.7 Å². The maximum Gasteiger partial charge on any atom is 0.226 e. The number of hydrogen-bond acceptors (Lipinski definition) is 5. The van der Waals surface area contributed by atoms with E-state index in [2.05, 4.69) is 21.7 Å². The largest absolute Gasteiger partial charge is 0.338 e. The molecule has 0 atom stereocenters. The number of thiazole rings is 1. The predicted octanol–water partition coefficient (Wildman–Crippen LogP) is 4.48. The molecule has 7 heteroatoms. The number of carbonyl (C=O) groups is 2. The van der Waals surface area contributed by atoms with Gasteiger partial charge in [0.2, 0.25) is 11.8 Å². The van der Waals surface area contributed by atoms with E-state index in [9.17, 15) is 9.59 Å². The minimum absolute atomic E-state index is 0.0345. The van der Waals surface area contributed by atoms with Crippen molar-refractivity contribution >= 4 is 39.6 Å².